The first kappa shape index (κ1) is 20.5. The van der Waals surface area contributed by atoms with Crippen molar-refractivity contribution in [1.29, 1.82) is 0 Å². The van der Waals surface area contributed by atoms with Gasteiger partial charge in [-0.25, -0.2) is 8.42 Å². The summed E-state index contributed by atoms with van der Waals surface area (Å²) in [5, 5.41) is 8.52. The number of halogens is 2. The van der Waals surface area contributed by atoms with Crippen molar-refractivity contribution in [2.75, 3.05) is 20.7 Å². The van der Waals surface area contributed by atoms with Gasteiger partial charge in [-0.3, -0.25) is 9.59 Å². The van der Waals surface area contributed by atoms with Crippen LogP contribution in [0.25, 0.3) is 0 Å². The van der Waals surface area contributed by atoms with Gasteiger partial charge in [0.25, 0.3) is 5.91 Å². The van der Waals surface area contributed by atoms with E-state index in [1.54, 1.807) is 14.1 Å². The number of ether oxygens (including phenoxy) is 1. The van der Waals surface area contributed by atoms with Gasteiger partial charge >= 0.3 is 5.97 Å². The molecular formula is C13H16Cl2N2O6S. The smallest absolute Gasteiger partial charge is 0.321 e. The molecule has 0 spiro atoms. The minimum atomic E-state index is -4.14. The molecule has 24 heavy (non-hydrogen) atoms. The van der Waals surface area contributed by atoms with Crippen molar-refractivity contribution in [3.05, 3.63) is 22.2 Å². The highest BCUT2D eigenvalue weighted by atomic mass is 35.5. The van der Waals surface area contributed by atoms with Gasteiger partial charge in [-0.1, -0.05) is 23.2 Å². The third kappa shape index (κ3) is 5.23. The molecule has 0 saturated carbocycles. The van der Waals surface area contributed by atoms with Gasteiger partial charge in [0, 0.05) is 14.1 Å². The highest BCUT2D eigenvalue weighted by molar-refractivity contribution is 7.89. The molecule has 1 aromatic rings. The van der Waals surface area contributed by atoms with Crippen molar-refractivity contribution in [3.63, 3.8) is 0 Å². The molecule has 1 rings (SSSR count). The molecule has 0 aliphatic carbocycles. The van der Waals surface area contributed by atoms with Gasteiger partial charge in [0.15, 0.2) is 12.4 Å². The number of carboxylic acid groups (broad SMARTS) is 1. The summed E-state index contributed by atoms with van der Waals surface area (Å²) in [7, 11) is -1.06. The van der Waals surface area contributed by atoms with Crippen LogP contribution in [-0.4, -0.2) is 57.0 Å². The van der Waals surface area contributed by atoms with Crippen LogP contribution < -0.4 is 9.46 Å². The first-order chi connectivity index (χ1) is 11.0. The topological polar surface area (TPSA) is 113 Å². The molecule has 8 nitrogen and oxygen atoms in total. The van der Waals surface area contributed by atoms with Crippen molar-refractivity contribution in [2.24, 2.45) is 0 Å². The van der Waals surface area contributed by atoms with Crippen molar-refractivity contribution >= 4 is 45.1 Å². The molecule has 2 N–H and O–H groups in total. The number of carbonyl (C=O) groups is 2. The predicted molar refractivity (Wildman–Crippen MR) is 88.1 cm³/mol. The zero-order valence-corrected chi connectivity index (χ0v) is 15.4. The number of carboxylic acids is 1. The van der Waals surface area contributed by atoms with Crippen LogP contribution in [0.5, 0.6) is 5.75 Å². The van der Waals surface area contributed by atoms with E-state index in [1.165, 1.54) is 11.8 Å². The molecule has 1 aromatic carbocycles. The molecule has 0 radical (unpaired) electrons. The lowest BCUT2D eigenvalue weighted by Crippen LogP contribution is -2.38. The number of carbonyl (C=O) groups excluding carboxylic acids is 1. The number of aliphatic carboxylic acids is 1. The van der Waals surface area contributed by atoms with E-state index in [-0.39, 0.29) is 33.2 Å². The van der Waals surface area contributed by atoms with Crippen LogP contribution in [0.1, 0.15) is 6.92 Å². The van der Waals surface area contributed by atoms with Crippen molar-refractivity contribution in [2.45, 2.75) is 17.9 Å². The summed E-state index contributed by atoms with van der Waals surface area (Å²) < 4.78 is 31.4. The van der Waals surface area contributed by atoms with E-state index in [4.69, 9.17) is 33.0 Å². The van der Waals surface area contributed by atoms with Gasteiger partial charge in [0.05, 0.1) is 14.9 Å². The van der Waals surface area contributed by atoms with Crippen LogP contribution in [0.2, 0.25) is 10.0 Å². The van der Waals surface area contributed by atoms with Gasteiger partial charge in [0.2, 0.25) is 10.0 Å². The molecule has 0 aliphatic rings. The van der Waals surface area contributed by atoms with Crippen molar-refractivity contribution < 1.29 is 27.9 Å². The van der Waals surface area contributed by atoms with Crippen LogP contribution in [0.4, 0.5) is 0 Å². The van der Waals surface area contributed by atoms with E-state index in [0.29, 0.717) is 0 Å². The molecule has 0 saturated heterocycles. The lowest BCUT2D eigenvalue weighted by molar-refractivity contribution is -0.138. The third-order valence-corrected chi connectivity index (χ3v) is 4.90. The molecule has 0 heterocycles. The fourth-order valence-corrected chi connectivity index (χ4v) is 3.42. The maximum absolute atomic E-state index is 12.1. The van der Waals surface area contributed by atoms with Crippen LogP contribution in [-0.2, 0) is 19.6 Å². The fraction of sp³-hybridized carbons (Fsp3) is 0.385. The van der Waals surface area contributed by atoms with Crippen LogP contribution in [0.15, 0.2) is 17.0 Å². The maximum atomic E-state index is 12.1. The molecule has 0 aliphatic heterocycles. The predicted octanol–water partition coefficient (Wildman–Crippen LogP) is 1.21. The number of nitrogens with zero attached hydrogens (tertiary/aromatic N) is 1. The number of sulfonamides is 1. The third-order valence-electron chi connectivity index (χ3n) is 2.82. The van der Waals surface area contributed by atoms with E-state index in [2.05, 4.69) is 0 Å². The molecule has 11 heteroatoms. The minimum absolute atomic E-state index is 0.0428. The number of hydrogen-bond donors (Lipinski definition) is 2. The molecule has 1 atom stereocenters. The second-order valence-electron chi connectivity index (χ2n) is 4.97. The number of nitrogens with one attached hydrogen (secondary N) is 1. The number of hydrogen-bond acceptors (Lipinski definition) is 5. The Morgan fingerprint density at radius 2 is 1.79 bits per heavy atom. The van der Waals surface area contributed by atoms with Crippen LogP contribution in [0, 0.1) is 0 Å². The number of likely N-dealkylation sites (N-methyl/N-ethyl adjacent to an activating group) is 1. The SMILES string of the molecule is CC(NS(=O)(=O)c1cc(Cl)c(OCC(=O)N(C)C)c(Cl)c1)C(=O)O. The highest BCUT2D eigenvalue weighted by Gasteiger charge is 2.24. The van der Waals surface area contributed by atoms with Gasteiger partial charge in [-0.2, -0.15) is 4.72 Å². The molecule has 1 amide bonds. The first-order valence-electron chi connectivity index (χ1n) is 6.53. The lowest BCUT2D eigenvalue weighted by atomic mass is 10.3. The summed E-state index contributed by atoms with van der Waals surface area (Å²) >= 11 is 11.9. The Balaban J connectivity index is 3.06. The largest absolute Gasteiger partial charge is 0.481 e. The normalized spacial score (nSPS) is 12.5. The summed E-state index contributed by atoms with van der Waals surface area (Å²) in [5.41, 5.74) is 0. The summed E-state index contributed by atoms with van der Waals surface area (Å²) in [6, 6.07) is 0.779. The molecular weight excluding hydrogens is 383 g/mol. The zero-order valence-electron chi connectivity index (χ0n) is 13.0. The average molecular weight is 399 g/mol. The first-order valence-corrected chi connectivity index (χ1v) is 8.76. The molecule has 134 valence electrons. The average Bonchev–Trinajstić information content (AvgIpc) is 2.45. The number of rotatable bonds is 7. The van der Waals surface area contributed by atoms with Gasteiger partial charge < -0.3 is 14.7 Å². The number of amides is 1. The Bertz CT molecular complexity index is 728. The molecule has 0 aromatic heterocycles. The molecule has 0 fully saturated rings. The van der Waals surface area contributed by atoms with Gasteiger partial charge in [-0.05, 0) is 19.1 Å². The lowest BCUT2D eigenvalue weighted by Gasteiger charge is -2.15. The number of benzene rings is 1. The summed E-state index contributed by atoms with van der Waals surface area (Å²) in [6.07, 6.45) is 0. The van der Waals surface area contributed by atoms with E-state index in [9.17, 15) is 18.0 Å². The van der Waals surface area contributed by atoms with Crippen molar-refractivity contribution in [3.8, 4) is 5.75 Å². The summed E-state index contributed by atoms with van der Waals surface area (Å²) in [5.74, 6) is -1.72. The maximum Gasteiger partial charge on any atom is 0.321 e. The summed E-state index contributed by atoms with van der Waals surface area (Å²) in [6.45, 7) is 0.847. The van der Waals surface area contributed by atoms with E-state index >= 15 is 0 Å². The standard InChI is InChI=1S/C13H16Cl2N2O6S/c1-7(13(19)20)16-24(21,22)8-4-9(14)12(10(15)5-8)23-6-11(18)17(2)3/h4-5,7,16H,6H2,1-3H3,(H,19,20). The van der Waals surface area contributed by atoms with E-state index in [1.807, 2.05) is 4.72 Å². The second-order valence-corrected chi connectivity index (χ2v) is 7.50. The molecule has 1 unspecified atom stereocenters. The minimum Gasteiger partial charge on any atom is -0.481 e. The fourth-order valence-electron chi connectivity index (χ4n) is 1.44. The Hall–Kier alpha value is -1.55. The Morgan fingerprint density at radius 3 is 2.21 bits per heavy atom. The monoisotopic (exact) mass is 398 g/mol. The summed E-state index contributed by atoms with van der Waals surface area (Å²) in [4.78, 5) is 23.2. The Kier molecular flexibility index (Phi) is 6.85. The van der Waals surface area contributed by atoms with E-state index in [0.717, 1.165) is 12.1 Å². The van der Waals surface area contributed by atoms with Crippen LogP contribution >= 0.6 is 23.2 Å². The van der Waals surface area contributed by atoms with Crippen LogP contribution in [0.3, 0.4) is 0 Å². The quantitative estimate of drug-likeness (QED) is 0.713. The van der Waals surface area contributed by atoms with Gasteiger partial charge in [-0.15, -0.1) is 0 Å². The van der Waals surface area contributed by atoms with Gasteiger partial charge in [0.1, 0.15) is 6.04 Å². The Labute approximate surface area is 149 Å². The van der Waals surface area contributed by atoms with Crippen molar-refractivity contribution in [1.82, 2.24) is 9.62 Å². The zero-order chi connectivity index (χ0) is 18.7. The highest BCUT2D eigenvalue weighted by Crippen LogP contribution is 2.35. The molecule has 0 bridgehead atoms. The van der Waals surface area contributed by atoms with E-state index < -0.39 is 22.0 Å². The Morgan fingerprint density at radius 1 is 1.29 bits per heavy atom. The second kappa shape index (κ2) is 8.02.